The van der Waals surface area contributed by atoms with Crippen LogP contribution >= 0.6 is 0 Å². The smallest absolute Gasteiger partial charge is 0.331 e. The van der Waals surface area contributed by atoms with Gasteiger partial charge in [-0.05, 0) is 36.8 Å². The highest BCUT2D eigenvalue weighted by molar-refractivity contribution is 5.79. The lowest BCUT2D eigenvalue weighted by Gasteiger charge is -2.17. The number of aryl methyl sites for hydroxylation is 1. The van der Waals surface area contributed by atoms with Gasteiger partial charge in [-0.15, -0.1) is 0 Å². The maximum absolute atomic E-state index is 13.7. The molecule has 0 heterocycles. The molecule has 0 aliphatic rings. The molecular formula is C15H13F2NO2. The van der Waals surface area contributed by atoms with Crippen molar-refractivity contribution in [1.82, 2.24) is 0 Å². The minimum Gasteiger partial charge on any atom is -0.479 e. The van der Waals surface area contributed by atoms with Crippen LogP contribution in [0.1, 0.15) is 17.2 Å². The highest BCUT2D eigenvalue weighted by Crippen LogP contribution is 2.25. The first-order valence-corrected chi connectivity index (χ1v) is 5.99. The van der Waals surface area contributed by atoms with E-state index in [9.17, 15) is 18.7 Å². The van der Waals surface area contributed by atoms with Crippen molar-refractivity contribution in [3.8, 4) is 0 Å². The standard InChI is InChI=1S/C15H13F2NO2/c1-9-4-2-5-10(8-9)18-14(15(19)20)13-11(16)6-3-7-12(13)17/h2-8,14,18H,1H3,(H,19,20). The molecule has 2 aromatic rings. The Bertz CT molecular complexity index is 623. The van der Waals surface area contributed by atoms with Gasteiger partial charge in [0.2, 0.25) is 0 Å². The third-order valence-corrected chi connectivity index (χ3v) is 2.86. The summed E-state index contributed by atoms with van der Waals surface area (Å²) in [6, 6.07) is 8.69. The summed E-state index contributed by atoms with van der Waals surface area (Å²) in [7, 11) is 0. The molecule has 20 heavy (non-hydrogen) atoms. The van der Waals surface area contributed by atoms with Crippen LogP contribution in [-0.4, -0.2) is 11.1 Å². The van der Waals surface area contributed by atoms with Gasteiger partial charge >= 0.3 is 5.97 Å². The number of anilines is 1. The zero-order valence-electron chi connectivity index (χ0n) is 10.7. The fourth-order valence-corrected chi connectivity index (χ4v) is 1.95. The van der Waals surface area contributed by atoms with E-state index in [2.05, 4.69) is 5.32 Å². The van der Waals surface area contributed by atoms with Gasteiger partial charge in [0.15, 0.2) is 6.04 Å². The van der Waals surface area contributed by atoms with Gasteiger partial charge in [0, 0.05) is 5.69 Å². The molecule has 0 bridgehead atoms. The van der Waals surface area contributed by atoms with E-state index in [0.717, 1.165) is 17.7 Å². The topological polar surface area (TPSA) is 49.3 Å². The van der Waals surface area contributed by atoms with Crippen LogP contribution in [0.2, 0.25) is 0 Å². The molecule has 0 saturated heterocycles. The molecule has 0 aliphatic carbocycles. The normalized spacial score (nSPS) is 11.9. The Kier molecular flexibility index (Phi) is 3.98. The SMILES string of the molecule is Cc1cccc(NC(C(=O)O)c2c(F)cccc2F)c1. The van der Waals surface area contributed by atoms with Gasteiger partial charge in [0.05, 0.1) is 5.56 Å². The summed E-state index contributed by atoms with van der Waals surface area (Å²) in [4.78, 5) is 11.3. The summed E-state index contributed by atoms with van der Waals surface area (Å²) in [5.74, 6) is -3.13. The monoisotopic (exact) mass is 277 g/mol. The van der Waals surface area contributed by atoms with Crippen LogP contribution in [0, 0.1) is 18.6 Å². The largest absolute Gasteiger partial charge is 0.479 e. The summed E-state index contributed by atoms with van der Waals surface area (Å²) in [5.41, 5.74) is 0.898. The van der Waals surface area contributed by atoms with Crippen LogP contribution < -0.4 is 5.32 Å². The van der Waals surface area contributed by atoms with Gasteiger partial charge in [0.25, 0.3) is 0 Å². The van der Waals surface area contributed by atoms with E-state index < -0.39 is 29.2 Å². The average molecular weight is 277 g/mol. The molecule has 1 unspecified atom stereocenters. The van der Waals surface area contributed by atoms with Crippen molar-refractivity contribution in [2.24, 2.45) is 0 Å². The Hall–Kier alpha value is -2.43. The predicted octanol–water partition coefficient (Wildman–Crippen LogP) is 3.51. The molecule has 0 spiro atoms. The predicted molar refractivity (Wildman–Crippen MR) is 71.5 cm³/mol. The van der Waals surface area contributed by atoms with Crippen molar-refractivity contribution in [3.05, 3.63) is 65.2 Å². The van der Waals surface area contributed by atoms with E-state index in [1.54, 1.807) is 18.2 Å². The number of nitrogens with one attached hydrogen (secondary N) is 1. The lowest BCUT2D eigenvalue weighted by molar-refractivity contribution is -0.138. The lowest BCUT2D eigenvalue weighted by atomic mass is 10.0. The van der Waals surface area contributed by atoms with Crippen LogP contribution in [-0.2, 0) is 4.79 Å². The number of aliphatic carboxylic acids is 1. The van der Waals surface area contributed by atoms with Crippen molar-refractivity contribution in [3.63, 3.8) is 0 Å². The van der Waals surface area contributed by atoms with Crippen molar-refractivity contribution >= 4 is 11.7 Å². The number of benzene rings is 2. The van der Waals surface area contributed by atoms with Crippen molar-refractivity contribution in [2.75, 3.05) is 5.32 Å². The molecule has 0 radical (unpaired) electrons. The van der Waals surface area contributed by atoms with Gasteiger partial charge in [-0.1, -0.05) is 18.2 Å². The summed E-state index contributed by atoms with van der Waals surface area (Å²) in [6.07, 6.45) is 0. The average Bonchev–Trinajstić information content (AvgIpc) is 2.37. The number of rotatable bonds is 4. The van der Waals surface area contributed by atoms with Crippen molar-refractivity contribution in [2.45, 2.75) is 13.0 Å². The third-order valence-electron chi connectivity index (χ3n) is 2.86. The first kappa shape index (κ1) is 14.0. The fraction of sp³-hybridized carbons (Fsp3) is 0.133. The van der Waals surface area contributed by atoms with Gasteiger partial charge in [-0.2, -0.15) is 0 Å². The quantitative estimate of drug-likeness (QED) is 0.899. The Morgan fingerprint density at radius 2 is 1.75 bits per heavy atom. The number of hydrogen-bond acceptors (Lipinski definition) is 2. The molecule has 1 atom stereocenters. The lowest BCUT2D eigenvalue weighted by Crippen LogP contribution is -2.23. The molecule has 0 aliphatic heterocycles. The van der Waals surface area contributed by atoms with Crippen LogP contribution in [0.15, 0.2) is 42.5 Å². The van der Waals surface area contributed by atoms with Crippen LogP contribution in [0.3, 0.4) is 0 Å². The van der Waals surface area contributed by atoms with E-state index in [4.69, 9.17) is 0 Å². The molecular weight excluding hydrogens is 264 g/mol. The Morgan fingerprint density at radius 3 is 2.30 bits per heavy atom. The van der Waals surface area contributed by atoms with E-state index in [-0.39, 0.29) is 0 Å². The van der Waals surface area contributed by atoms with E-state index in [1.807, 2.05) is 13.0 Å². The molecule has 3 nitrogen and oxygen atoms in total. The maximum Gasteiger partial charge on any atom is 0.331 e. The van der Waals surface area contributed by atoms with Crippen molar-refractivity contribution < 1.29 is 18.7 Å². The molecule has 104 valence electrons. The minimum absolute atomic E-state index is 0.486. The van der Waals surface area contributed by atoms with E-state index in [1.165, 1.54) is 6.07 Å². The van der Waals surface area contributed by atoms with Gasteiger partial charge < -0.3 is 10.4 Å². The van der Waals surface area contributed by atoms with E-state index in [0.29, 0.717) is 5.69 Å². The summed E-state index contributed by atoms with van der Waals surface area (Å²) in [6.45, 7) is 1.84. The van der Waals surface area contributed by atoms with Crippen LogP contribution in [0.25, 0.3) is 0 Å². The summed E-state index contributed by atoms with van der Waals surface area (Å²) in [5, 5.41) is 11.8. The second-order valence-electron chi connectivity index (χ2n) is 4.42. The third kappa shape index (κ3) is 2.93. The maximum atomic E-state index is 13.7. The van der Waals surface area contributed by atoms with Crippen molar-refractivity contribution in [1.29, 1.82) is 0 Å². The Balaban J connectivity index is 2.40. The first-order valence-electron chi connectivity index (χ1n) is 5.99. The number of carbonyl (C=O) groups is 1. The second-order valence-corrected chi connectivity index (χ2v) is 4.42. The summed E-state index contributed by atoms with van der Waals surface area (Å²) >= 11 is 0. The van der Waals surface area contributed by atoms with Crippen LogP contribution in [0.5, 0.6) is 0 Å². The minimum atomic E-state index is -1.49. The number of hydrogen-bond donors (Lipinski definition) is 2. The highest BCUT2D eigenvalue weighted by Gasteiger charge is 2.26. The van der Waals surface area contributed by atoms with Gasteiger partial charge in [-0.25, -0.2) is 13.6 Å². The molecule has 2 rings (SSSR count). The molecule has 5 heteroatoms. The molecule has 2 aromatic carbocycles. The van der Waals surface area contributed by atoms with Gasteiger partial charge in [0.1, 0.15) is 11.6 Å². The summed E-state index contributed by atoms with van der Waals surface area (Å²) < 4.78 is 27.4. The molecule has 0 fully saturated rings. The Labute approximate surface area is 114 Å². The number of carboxylic acid groups (broad SMARTS) is 1. The molecule has 2 N–H and O–H groups in total. The van der Waals surface area contributed by atoms with E-state index >= 15 is 0 Å². The number of carboxylic acids is 1. The first-order chi connectivity index (χ1) is 9.49. The van der Waals surface area contributed by atoms with Crippen LogP contribution in [0.4, 0.5) is 14.5 Å². The molecule has 0 aromatic heterocycles. The fourth-order valence-electron chi connectivity index (χ4n) is 1.95. The number of halogens is 2. The molecule has 0 saturated carbocycles. The zero-order valence-corrected chi connectivity index (χ0v) is 10.7. The second kappa shape index (κ2) is 5.69. The van der Waals surface area contributed by atoms with Gasteiger partial charge in [-0.3, -0.25) is 0 Å². The zero-order chi connectivity index (χ0) is 14.7. The molecule has 0 amide bonds. The highest BCUT2D eigenvalue weighted by atomic mass is 19.1. The Morgan fingerprint density at radius 1 is 1.15 bits per heavy atom.